The summed E-state index contributed by atoms with van der Waals surface area (Å²) < 4.78 is 27.7. The Morgan fingerprint density at radius 2 is 1.74 bits per heavy atom. The second kappa shape index (κ2) is 9.20. The van der Waals surface area contributed by atoms with Crippen molar-refractivity contribution in [2.24, 2.45) is 0 Å². The Morgan fingerprint density at radius 1 is 1.00 bits per heavy atom. The second-order valence-electron chi connectivity index (χ2n) is 7.47. The van der Waals surface area contributed by atoms with Crippen molar-refractivity contribution in [2.75, 3.05) is 27.9 Å². The number of aryl methyl sites for hydroxylation is 2. The van der Waals surface area contributed by atoms with Gasteiger partial charge < -0.3 is 28.7 Å². The van der Waals surface area contributed by atoms with Gasteiger partial charge in [0.15, 0.2) is 18.1 Å². The number of methoxy groups -OCH3 is 3. The lowest BCUT2D eigenvalue weighted by atomic mass is 9.96. The van der Waals surface area contributed by atoms with Gasteiger partial charge in [-0.1, -0.05) is 0 Å². The van der Waals surface area contributed by atoms with E-state index in [1.54, 1.807) is 33.5 Å². The van der Waals surface area contributed by atoms with Gasteiger partial charge in [-0.05, 0) is 55.2 Å². The highest BCUT2D eigenvalue weighted by Gasteiger charge is 2.18. The number of nitrogens with one attached hydrogen (secondary N) is 1. The van der Waals surface area contributed by atoms with Gasteiger partial charge in [-0.3, -0.25) is 4.79 Å². The molecule has 2 aromatic carbocycles. The van der Waals surface area contributed by atoms with Crippen molar-refractivity contribution in [1.82, 2.24) is 5.32 Å². The Labute approximate surface area is 181 Å². The van der Waals surface area contributed by atoms with E-state index in [0.717, 1.165) is 35.1 Å². The molecule has 0 saturated carbocycles. The van der Waals surface area contributed by atoms with Gasteiger partial charge in [0, 0.05) is 23.9 Å². The zero-order valence-corrected chi connectivity index (χ0v) is 18.1. The van der Waals surface area contributed by atoms with Crippen molar-refractivity contribution in [1.29, 1.82) is 0 Å². The molecular weight excluding hydrogens is 398 g/mol. The number of benzene rings is 2. The molecule has 3 aromatic rings. The predicted octanol–water partition coefficient (Wildman–Crippen LogP) is 4.03. The lowest BCUT2D eigenvalue weighted by Gasteiger charge is -2.14. The molecule has 0 saturated heterocycles. The standard InChI is InChI=1S/C24H27NO6/c1-27-21-10-15(11-22(28-2)24(21)29-3)13-25-23(26)14-30-16-8-9-20-18(12-16)17-6-4-5-7-19(17)31-20/h8-12H,4-7,13-14H2,1-3H3,(H,25,26). The summed E-state index contributed by atoms with van der Waals surface area (Å²) in [5.41, 5.74) is 2.99. The number of carbonyl (C=O) groups is 1. The van der Waals surface area contributed by atoms with Crippen LogP contribution in [0.3, 0.4) is 0 Å². The van der Waals surface area contributed by atoms with Crippen molar-refractivity contribution in [3.05, 3.63) is 47.2 Å². The van der Waals surface area contributed by atoms with Crippen LogP contribution >= 0.6 is 0 Å². The number of carbonyl (C=O) groups excluding carboxylic acids is 1. The van der Waals surface area contributed by atoms with Crippen molar-refractivity contribution < 1.29 is 28.2 Å². The topological polar surface area (TPSA) is 79.2 Å². The summed E-state index contributed by atoms with van der Waals surface area (Å²) in [4.78, 5) is 12.3. The minimum Gasteiger partial charge on any atom is -0.493 e. The van der Waals surface area contributed by atoms with E-state index in [9.17, 15) is 4.79 Å². The largest absolute Gasteiger partial charge is 0.493 e. The molecule has 0 aliphatic heterocycles. The SMILES string of the molecule is COc1cc(CNC(=O)COc2ccc3oc4c(c3c2)CCCC4)cc(OC)c1OC. The molecule has 1 N–H and O–H groups in total. The fraction of sp³-hybridized carbons (Fsp3) is 0.375. The molecule has 1 amide bonds. The van der Waals surface area contributed by atoms with E-state index in [2.05, 4.69) is 5.32 Å². The molecule has 0 unspecified atom stereocenters. The first-order chi connectivity index (χ1) is 15.1. The fourth-order valence-corrected chi connectivity index (χ4v) is 3.97. The first-order valence-electron chi connectivity index (χ1n) is 10.4. The highest BCUT2D eigenvalue weighted by atomic mass is 16.5. The monoisotopic (exact) mass is 425 g/mol. The van der Waals surface area contributed by atoms with Crippen LogP contribution in [0.5, 0.6) is 23.0 Å². The smallest absolute Gasteiger partial charge is 0.258 e. The van der Waals surface area contributed by atoms with Gasteiger partial charge in [0.05, 0.1) is 21.3 Å². The van der Waals surface area contributed by atoms with Crippen LogP contribution in [0, 0.1) is 0 Å². The molecule has 0 fully saturated rings. The molecule has 0 spiro atoms. The normalized spacial score (nSPS) is 12.9. The van der Waals surface area contributed by atoms with E-state index in [-0.39, 0.29) is 12.5 Å². The second-order valence-corrected chi connectivity index (χ2v) is 7.47. The van der Waals surface area contributed by atoms with E-state index in [1.807, 2.05) is 18.2 Å². The van der Waals surface area contributed by atoms with Crippen molar-refractivity contribution >= 4 is 16.9 Å². The maximum absolute atomic E-state index is 12.3. The van der Waals surface area contributed by atoms with Gasteiger partial charge in [-0.2, -0.15) is 0 Å². The van der Waals surface area contributed by atoms with Crippen LogP contribution < -0.4 is 24.3 Å². The number of amides is 1. The van der Waals surface area contributed by atoms with Crippen molar-refractivity contribution in [3.63, 3.8) is 0 Å². The fourth-order valence-electron chi connectivity index (χ4n) is 3.97. The molecule has 1 aliphatic carbocycles. The molecule has 0 radical (unpaired) electrons. The molecule has 7 heteroatoms. The Balaban J connectivity index is 1.37. The van der Waals surface area contributed by atoms with Gasteiger partial charge in [0.2, 0.25) is 5.75 Å². The predicted molar refractivity (Wildman–Crippen MR) is 116 cm³/mol. The zero-order chi connectivity index (χ0) is 21.8. The summed E-state index contributed by atoms with van der Waals surface area (Å²) in [6, 6.07) is 9.33. The number of ether oxygens (including phenoxy) is 4. The third kappa shape index (κ3) is 4.40. The Kier molecular flexibility index (Phi) is 6.21. The highest BCUT2D eigenvalue weighted by Crippen LogP contribution is 2.38. The van der Waals surface area contributed by atoms with Gasteiger partial charge >= 0.3 is 0 Å². The van der Waals surface area contributed by atoms with Crippen LogP contribution in [-0.4, -0.2) is 33.8 Å². The zero-order valence-electron chi connectivity index (χ0n) is 18.1. The number of fused-ring (bicyclic) bond motifs is 3. The first-order valence-corrected chi connectivity index (χ1v) is 10.4. The summed E-state index contributed by atoms with van der Waals surface area (Å²) in [6.45, 7) is 0.239. The van der Waals surface area contributed by atoms with E-state index >= 15 is 0 Å². The van der Waals surface area contributed by atoms with E-state index in [0.29, 0.717) is 29.5 Å². The molecule has 1 aliphatic rings. The van der Waals surface area contributed by atoms with Gasteiger partial charge in [0.25, 0.3) is 5.91 Å². The molecule has 0 bridgehead atoms. The maximum Gasteiger partial charge on any atom is 0.258 e. The van der Waals surface area contributed by atoms with Gasteiger partial charge in [-0.15, -0.1) is 0 Å². The van der Waals surface area contributed by atoms with Crippen LogP contribution in [-0.2, 0) is 24.2 Å². The van der Waals surface area contributed by atoms with Crippen LogP contribution in [0.4, 0.5) is 0 Å². The molecule has 1 heterocycles. The van der Waals surface area contributed by atoms with Crippen LogP contribution in [0.2, 0.25) is 0 Å². The molecule has 4 rings (SSSR count). The summed E-state index contributed by atoms with van der Waals surface area (Å²) in [5, 5.41) is 3.95. The Morgan fingerprint density at radius 3 is 2.45 bits per heavy atom. The lowest BCUT2D eigenvalue weighted by Crippen LogP contribution is -2.28. The van der Waals surface area contributed by atoms with Crippen LogP contribution in [0.1, 0.15) is 29.7 Å². The highest BCUT2D eigenvalue weighted by molar-refractivity contribution is 5.84. The molecule has 1 aromatic heterocycles. The quantitative estimate of drug-likeness (QED) is 0.587. The summed E-state index contributed by atoms with van der Waals surface area (Å²) in [5.74, 6) is 3.12. The average Bonchev–Trinajstić information content (AvgIpc) is 3.18. The first kappa shape index (κ1) is 20.9. The third-order valence-electron chi connectivity index (χ3n) is 5.51. The molecule has 164 valence electrons. The summed E-state index contributed by atoms with van der Waals surface area (Å²) in [7, 11) is 4.67. The molecule has 0 atom stereocenters. The lowest BCUT2D eigenvalue weighted by molar-refractivity contribution is -0.123. The number of rotatable bonds is 8. The number of hydrogen-bond acceptors (Lipinski definition) is 6. The number of hydrogen-bond donors (Lipinski definition) is 1. The maximum atomic E-state index is 12.3. The Hall–Kier alpha value is -3.35. The summed E-state index contributed by atoms with van der Waals surface area (Å²) >= 11 is 0. The van der Waals surface area contributed by atoms with E-state index in [1.165, 1.54) is 18.4 Å². The average molecular weight is 425 g/mol. The number of furan rings is 1. The van der Waals surface area contributed by atoms with Crippen LogP contribution in [0.25, 0.3) is 11.0 Å². The Bertz CT molecular complexity index is 1060. The van der Waals surface area contributed by atoms with E-state index in [4.69, 9.17) is 23.4 Å². The summed E-state index contributed by atoms with van der Waals surface area (Å²) in [6.07, 6.45) is 4.36. The van der Waals surface area contributed by atoms with Crippen molar-refractivity contribution in [2.45, 2.75) is 32.2 Å². The molecular formula is C24H27NO6. The molecule has 31 heavy (non-hydrogen) atoms. The van der Waals surface area contributed by atoms with Gasteiger partial charge in [0.1, 0.15) is 17.1 Å². The van der Waals surface area contributed by atoms with E-state index < -0.39 is 0 Å². The van der Waals surface area contributed by atoms with Gasteiger partial charge in [-0.25, -0.2) is 0 Å². The third-order valence-corrected chi connectivity index (χ3v) is 5.51. The minimum atomic E-state index is -0.219. The molecule has 7 nitrogen and oxygen atoms in total. The van der Waals surface area contributed by atoms with Crippen molar-refractivity contribution in [3.8, 4) is 23.0 Å². The minimum absolute atomic E-state index is 0.0734. The van der Waals surface area contributed by atoms with Crippen LogP contribution in [0.15, 0.2) is 34.7 Å².